The summed E-state index contributed by atoms with van der Waals surface area (Å²) >= 11 is 3.70. The smallest absolute Gasteiger partial charge is 0.303 e. The summed E-state index contributed by atoms with van der Waals surface area (Å²) in [5, 5.41) is 29.8. The van der Waals surface area contributed by atoms with Crippen LogP contribution in [0.3, 0.4) is 0 Å². The second-order valence-electron chi connectivity index (χ2n) is 8.86. The molecule has 0 amide bonds. The molecule has 160 valence electrons. The molecule has 28 heavy (non-hydrogen) atoms. The Hall–Kier alpha value is -0.910. The first-order valence-electron chi connectivity index (χ1n) is 10.2. The Morgan fingerprint density at radius 3 is 2.57 bits per heavy atom. The van der Waals surface area contributed by atoms with Crippen LogP contribution in [-0.2, 0) is 4.79 Å². The van der Waals surface area contributed by atoms with Gasteiger partial charge in [0, 0.05) is 17.2 Å². The highest BCUT2D eigenvalue weighted by Gasteiger charge is 2.39. The number of hydrogen-bond donors (Lipinski definition) is 3. The van der Waals surface area contributed by atoms with Crippen molar-refractivity contribution in [2.24, 2.45) is 17.3 Å². The number of carboxylic acid groups (broad SMARTS) is 1. The van der Waals surface area contributed by atoms with Crippen molar-refractivity contribution in [2.45, 2.75) is 83.3 Å². The molecule has 1 fully saturated rings. The minimum atomic E-state index is -0.760. The van der Waals surface area contributed by atoms with Crippen molar-refractivity contribution in [2.75, 3.05) is 0 Å². The molecule has 0 spiro atoms. The van der Waals surface area contributed by atoms with E-state index in [4.69, 9.17) is 5.11 Å². The van der Waals surface area contributed by atoms with E-state index in [0.29, 0.717) is 12.8 Å². The van der Waals surface area contributed by atoms with Gasteiger partial charge in [0.05, 0.1) is 12.2 Å². The maximum atomic E-state index is 10.6. The van der Waals surface area contributed by atoms with Gasteiger partial charge < -0.3 is 15.3 Å². The number of alkyl halides is 1. The molecule has 1 rings (SSSR count). The van der Waals surface area contributed by atoms with Crippen LogP contribution in [0.4, 0.5) is 0 Å². The van der Waals surface area contributed by atoms with Crippen LogP contribution in [0.15, 0.2) is 36.0 Å². The summed E-state index contributed by atoms with van der Waals surface area (Å²) in [5.74, 6) is -0.499. The second kappa shape index (κ2) is 11.9. The fourth-order valence-corrected chi connectivity index (χ4v) is 4.44. The highest BCUT2D eigenvalue weighted by molar-refractivity contribution is 9.09. The van der Waals surface area contributed by atoms with Gasteiger partial charge in [-0.2, -0.15) is 0 Å². The van der Waals surface area contributed by atoms with Crippen LogP contribution in [0.25, 0.3) is 0 Å². The van der Waals surface area contributed by atoms with Gasteiger partial charge in [0.1, 0.15) is 0 Å². The van der Waals surface area contributed by atoms with Crippen LogP contribution < -0.4 is 0 Å². The van der Waals surface area contributed by atoms with Gasteiger partial charge in [-0.25, -0.2) is 0 Å². The molecule has 0 aromatic rings. The number of allylic oxidation sites excluding steroid dienone is 4. The molecule has 1 aliphatic carbocycles. The summed E-state index contributed by atoms with van der Waals surface area (Å²) in [6, 6.07) is 0. The molecule has 0 unspecified atom stereocenters. The normalized spacial score (nSPS) is 26.8. The van der Waals surface area contributed by atoms with Gasteiger partial charge in [0.25, 0.3) is 0 Å². The van der Waals surface area contributed by atoms with E-state index in [-0.39, 0.29) is 28.5 Å². The standard InChI is InChI=1S/C23H37BrO4/c1-16(2)13-14-23(3,4)21(26)12-11-18-17(19(24)15-20(18)25)9-7-5-6-8-10-22(27)28/h5,7,11-13,17-21,25-26H,6,8-10,14-15H2,1-4H3,(H,27,28)/b7-5-,12-11+/t17-,18-,19+,20-,21-/m1/s1. The first-order valence-corrected chi connectivity index (χ1v) is 11.1. The van der Waals surface area contributed by atoms with Crippen LogP contribution in [0.1, 0.15) is 66.2 Å². The third-order valence-corrected chi connectivity index (χ3v) is 6.61. The summed E-state index contributed by atoms with van der Waals surface area (Å²) < 4.78 is 0. The maximum absolute atomic E-state index is 10.6. The SMILES string of the molecule is CC(C)=CCC(C)(C)[C@H](O)/C=C/[C@@H]1[C@@H](C/C=C\CCCC(=O)O)[C@@H](Br)C[C@H]1O. The van der Waals surface area contributed by atoms with Crippen molar-refractivity contribution in [3.63, 3.8) is 0 Å². The first kappa shape index (κ1) is 25.1. The average molecular weight is 457 g/mol. The molecular weight excluding hydrogens is 420 g/mol. The van der Waals surface area contributed by atoms with E-state index in [9.17, 15) is 15.0 Å². The lowest BCUT2D eigenvalue weighted by Crippen LogP contribution is -2.28. The van der Waals surface area contributed by atoms with Gasteiger partial charge >= 0.3 is 5.97 Å². The lowest BCUT2D eigenvalue weighted by molar-refractivity contribution is -0.137. The van der Waals surface area contributed by atoms with Crippen molar-refractivity contribution in [1.29, 1.82) is 0 Å². The van der Waals surface area contributed by atoms with Gasteiger partial charge in [-0.1, -0.05) is 65.7 Å². The number of aliphatic hydroxyl groups excluding tert-OH is 2. The number of carboxylic acids is 1. The van der Waals surface area contributed by atoms with Crippen LogP contribution in [-0.4, -0.2) is 38.3 Å². The van der Waals surface area contributed by atoms with Crippen molar-refractivity contribution >= 4 is 21.9 Å². The zero-order chi connectivity index (χ0) is 21.3. The number of carbonyl (C=O) groups is 1. The van der Waals surface area contributed by atoms with Gasteiger partial charge in [-0.05, 0) is 57.3 Å². The molecule has 0 saturated heterocycles. The average Bonchev–Trinajstić information content (AvgIpc) is 2.86. The van der Waals surface area contributed by atoms with Gasteiger partial charge in [0.2, 0.25) is 0 Å². The van der Waals surface area contributed by atoms with Crippen LogP contribution in [0.5, 0.6) is 0 Å². The van der Waals surface area contributed by atoms with E-state index in [0.717, 1.165) is 19.3 Å². The summed E-state index contributed by atoms with van der Waals surface area (Å²) in [7, 11) is 0. The Balaban J connectivity index is 2.67. The number of aliphatic carboxylic acids is 1. The van der Waals surface area contributed by atoms with Gasteiger partial charge in [-0.3, -0.25) is 4.79 Å². The summed E-state index contributed by atoms with van der Waals surface area (Å²) in [6.45, 7) is 8.22. The molecule has 1 saturated carbocycles. The minimum Gasteiger partial charge on any atom is -0.481 e. The van der Waals surface area contributed by atoms with Crippen LogP contribution >= 0.6 is 15.9 Å². The van der Waals surface area contributed by atoms with Crippen molar-refractivity contribution < 1.29 is 20.1 Å². The number of rotatable bonds is 11. The summed E-state index contributed by atoms with van der Waals surface area (Å²) in [4.78, 5) is 10.8. The largest absolute Gasteiger partial charge is 0.481 e. The van der Waals surface area contributed by atoms with E-state index < -0.39 is 18.2 Å². The molecule has 1 aliphatic rings. The molecule has 0 bridgehead atoms. The molecule has 0 aliphatic heterocycles. The number of hydrogen-bond acceptors (Lipinski definition) is 3. The van der Waals surface area contributed by atoms with E-state index >= 15 is 0 Å². The topological polar surface area (TPSA) is 77.8 Å². The molecule has 3 N–H and O–H groups in total. The molecule has 4 nitrogen and oxygen atoms in total. The number of aliphatic hydroxyl groups is 2. The molecule has 0 radical (unpaired) electrons. The molecule has 0 aromatic carbocycles. The Bertz CT molecular complexity index is 575. The molecule has 0 heterocycles. The van der Waals surface area contributed by atoms with E-state index in [1.54, 1.807) is 0 Å². The lowest BCUT2D eigenvalue weighted by atomic mass is 9.81. The Kier molecular flexibility index (Phi) is 10.7. The highest BCUT2D eigenvalue weighted by atomic mass is 79.9. The van der Waals surface area contributed by atoms with Crippen molar-refractivity contribution in [3.8, 4) is 0 Å². The fourth-order valence-electron chi connectivity index (χ4n) is 3.49. The van der Waals surface area contributed by atoms with E-state index in [1.807, 2.05) is 18.2 Å². The molecular formula is C23H37BrO4. The highest BCUT2D eigenvalue weighted by Crippen LogP contribution is 2.41. The second-order valence-corrected chi connectivity index (χ2v) is 10.0. The molecule has 0 aromatic heterocycles. The fraction of sp³-hybridized carbons (Fsp3) is 0.696. The Morgan fingerprint density at radius 1 is 1.29 bits per heavy atom. The third kappa shape index (κ3) is 8.62. The van der Waals surface area contributed by atoms with E-state index in [2.05, 4.69) is 55.8 Å². The summed E-state index contributed by atoms with van der Waals surface area (Å²) in [6.07, 6.45) is 13.0. The first-order chi connectivity index (χ1) is 13.0. The van der Waals surface area contributed by atoms with Crippen LogP contribution in [0.2, 0.25) is 0 Å². The van der Waals surface area contributed by atoms with Crippen molar-refractivity contribution in [3.05, 3.63) is 36.0 Å². The monoisotopic (exact) mass is 456 g/mol. The number of unbranched alkanes of at least 4 members (excludes halogenated alkanes) is 1. The minimum absolute atomic E-state index is 0.00180. The zero-order valence-corrected chi connectivity index (χ0v) is 19.2. The predicted octanol–water partition coefficient (Wildman–Crippen LogP) is 5.25. The Labute approximate surface area is 178 Å². The predicted molar refractivity (Wildman–Crippen MR) is 119 cm³/mol. The van der Waals surface area contributed by atoms with E-state index in [1.165, 1.54) is 5.57 Å². The zero-order valence-electron chi connectivity index (χ0n) is 17.6. The summed E-state index contributed by atoms with van der Waals surface area (Å²) in [5.41, 5.74) is 0.984. The quantitative estimate of drug-likeness (QED) is 0.225. The lowest BCUT2D eigenvalue weighted by Gasteiger charge is -2.28. The molecule has 5 heteroatoms. The third-order valence-electron chi connectivity index (χ3n) is 5.56. The van der Waals surface area contributed by atoms with Gasteiger partial charge in [-0.15, -0.1) is 0 Å². The van der Waals surface area contributed by atoms with Crippen molar-refractivity contribution in [1.82, 2.24) is 0 Å². The Morgan fingerprint density at radius 2 is 1.96 bits per heavy atom. The number of halogens is 1. The van der Waals surface area contributed by atoms with Crippen LogP contribution in [0, 0.1) is 17.3 Å². The maximum Gasteiger partial charge on any atom is 0.303 e. The molecule has 5 atom stereocenters. The van der Waals surface area contributed by atoms with Gasteiger partial charge in [0.15, 0.2) is 0 Å².